The van der Waals surface area contributed by atoms with Crippen molar-refractivity contribution >= 4 is 5.91 Å². The molecule has 1 aromatic rings. The molecule has 1 fully saturated rings. The third kappa shape index (κ3) is 1.16. The Labute approximate surface area is 68.5 Å². The summed E-state index contributed by atoms with van der Waals surface area (Å²) in [5.74, 6) is 5.82. The highest BCUT2D eigenvalue weighted by atomic mass is 16.2. The summed E-state index contributed by atoms with van der Waals surface area (Å²) < 4.78 is 0. The van der Waals surface area contributed by atoms with E-state index in [1.165, 1.54) is 0 Å². The molecule has 0 unspecified atom stereocenters. The van der Waals surface area contributed by atoms with E-state index >= 15 is 0 Å². The quantitative estimate of drug-likeness (QED) is 0.308. The summed E-state index contributed by atoms with van der Waals surface area (Å²) in [5.41, 5.74) is 1.97. The Hall–Kier alpha value is -1.43. The molecular formula is C6H9N5O. The SMILES string of the molecule is NNC(=O)c1n[nH]c(C2CC2)n1. The van der Waals surface area contributed by atoms with Gasteiger partial charge in [0.15, 0.2) is 0 Å². The van der Waals surface area contributed by atoms with E-state index in [-0.39, 0.29) is 5.82 Å². The van der Waals surface area contributed by atoms with Crippen LogP contribution in [-0.4, -0.2) is 21.1 Å². The molecular weight excluding hydrogens is 158 g/mol. The van der Waals surface area contributed by atoms with Gasteiger partial charge in [-0.2, -0.15) is 0 Å². The first-order valence-electron chi connectivity index (χ1n) is 3.74. The smallest absolute Gasteiger partial charge is 0.287 e. The molecule has 64 valence electrons. The number of H-pyrrole nitrogens is 1. The number of hydrogen-bond acceptors (Lipinski definition) is 4. The lowest BCUT2D eigenvalue weighted by atomic mass is 10.4. The Bertz CT molecular complexity index is 303. The summed E-state index contributed by atoms with van der Waals surface area (Å²) >= 11 is 0. The minimum absolute atomic E-state index is 0.111. The number of amides is 1. The minimum Gasteiger partial charge on any atom is -0.287 e. The number of hydrazine groups is 1. The summed E-state index contributed by atoms with van der Waals surface area (Å²) in [6.07, 6.45) is 2.25. The largest absolute Gasteiger partial charge is 0.304 e. The minimum atomic E-state index is -0.460. The molecule has 1 aromatic heterocycles. The van der Waals surface area contributed by atoms with Gasteiger partial charge in [0.25, 0.3) is 0 Å². The van der Waals surface area contributed by atoms with Crippen LogP contribution in [0.3, 0.4) is 0 Å². The number of rotatable bonds is 2. The highest BCUT2D eigenvalue weighted by Gasteiger charge is 2.27. The van der Waals surface area contributed by atoms with Crippen molar-refractivity contribution in [2.24, 2.45) is 5.84 Å². The number of carbonyl (C=O) groups is 1. The van der Waals surface area contributed by atoms with Crippen LogP contribution in [0.25, 0.3) is 0 Å². The molecule has 1 aliphatic carbocycles. The zero-order chi connectivity index (χ0) is 8.55. The van der Waals surface area contributed by atoms with Gasteiger partial charge >= 0.3 is 5.91 Å². The van der Waals surface area contributed by atoms with Crippen molar-refractivity contribution in [1.82, 2.24) is 20.6 Å². The Morgan fingerprint density at radius 3 is 3.00 bits per heavy atom. The second-order valence-corrected chi connectivity index (χ2v) is 2.79. The highest BCUT2D eigenvalue weighted by Crippen LogP contribution is 2.37. The lowest BCUT2D eigenvalue weighted by molar-refractivity contribution is 0.0943. The lowest BCUT2D eigenvalue weighted by Gasteiger charge is -1.89. The van der Waals surface area contributed by atoms with Crippen molar-refractivity contribution in [2.45, 2.75) is 18.8 Å². The first-order chi connectivity index (χ1) is 5.81. The van der Waals surface area contributed by atoms with Crippen LogP contribution in [-0.2, 0) is 0 Å². The molecule has 0 atom stereocenters. The molecule has 0 bridgehead atoms. The van der Waals surface area contributed by atoms with Crippen LogP contribution in [0.15, 0.2) is 0 Å². The molecule has 1 aliphatic rings. The number of aromatic amines is 1. The number of nitrogens with two attached hydrogens (primary N) is 1. The van der Waals surface area contributed by atoms with Gasteiger partial charge in [0, 0.05) is 5.92 Å². The van der Waals surface area contributed by atoms with Crippen LogP contribution in [0, 0.1) is 0 Å². The zero-order valence-corrected chi connectivity index (χ0v) is 6.37. The fourth-order valence-electron chi connectivity index (χ4n) is 0.980. The summed E-state index contributed by atoms with van der Waals surface area (Å²) in [7, 11) is 0. The average Bonchev–Trinajstić information content (AvgIpc) is 2.83. The number of hydrogen-bond donors (Lipinski definition) is 3. The van der Waals surface area contributed by atoms with Crippen molar-refractivity contribution in [3.05, 3.63) is 11.6 Å². The third-order valence-electron chi connectivity index (χ3n) is 1.80. The molecule has 0 aliphatic heterocycles. The maximum atomic E-state index is 10.9. The van der Waals surface area contributed by atoms with Gasteiger partial charge in [0.2, 0.25) is 5.82 Å². The van der Waals surface area contributed by atoms with Crippen LogP contribution in [0.1, 0.15) is 35.2 Å². The Morgan fingerprint density at radius 2 is 2.42 bits per heavy atom. The summed E-state index contributed by atoms with van der Waals surface area (Å²) in [6, 6.07) is 0. The van der Waals surface area contributed by atoms with Crippen molar-refractivity contribution in [1.29, 1.82) is 0 Å². The molecule has 0 spiro atoms. The van der Waals surface area contributed by atoms with Crippen LogP contribution < -0.4 is 11.3 Å². The lowest BCUT2D eigenvalue weighted by Crippen LogP contribution is -2.30. The number of nitrogen functional groups attached to an aromatic ring is 1. The second kappa shape index (κ2) is 2.56. The van der Waals surface area contributed by atoms with Gasteiger partial charge in [-0.1, -0.05) is 0 Å². The van der Waals surface area contributed by atoms with Crippen LogP contribution in [0.2, 0.25) is 0 Å². The fraction of sp³-hybridized carbons (Fsp3) is 0.500. The van der Waals surface area contributed by atoms with Gasteiger partial charge in [-0.05, 0) is 12.8 Å². The predicted octanol–water partition coefficient (Wildman–Crippen LogP) is -0.714. The molecule has 0 aromatic carbocycles. The summed E-state index contributed by atoms with van der Waals surface area (Å²) in [4.78, 5) is 14.9. The molecule has 12 heavy (non-hydrogen) atoms. The fourth-order valence-corrected chi connectivity index (χ4v) is 0.980. The molecule has 1 amide bonds. The number of aromatic nitrogens is 3. The summed E-state index contributed by atoms with van der Waals surface area (Å²) in [5, 5.41) is 6.43. The van der Waals surface area contributed by atoms with Crippen molar-refractivity contribution in [2.75, 3.05) is 0 Å². The summed E-state index contributed by atoms with van der Waals surface area (Å²) in [6.45, 7) is 0. The van der Waals surface area contributed by atoms with E-state index < -0.39 is 5.91 Å². The van der Waals surface area contributed by atoms with Crippen LogP contribution in [0.4, 0.5) is 0 Å². The standard InChI is InChI=1S/C6H9N5O/c7-9-6(12)5-8-4(10-11-5)3-1-2-3/h3H,1-2,7H2,(H,9,12)(H,8,10,11). The molecule has 6 heteroatoms. The first kappa shape index (κ1) is 7.23. The van der Waals surface area contributed by atoms with Crippen molar-refractivity contribution in [3.63, 3.8) is 0 Å². The molecule has 6 nitrogen and oxygen atoms in total. The van der Waals surface area contributed by atoms with E-state index in [9.17, 15) is 4.79 Å². The average molecular weight is 167 g/mol. The monoisotopic (exact) mass is 167 g/mol. The number of carbonyl (C=O) groups excluding carboxylic acids is 1. The Balaban J connectivity index is 2.17. The third-order valence-corrected chi connectivity index (χ3v) is 1.80. The first-order valence-corrected chi connectivity index (χ1v) is 3.74. The maximum Gasteiger partial charge on any atom is 0.304 e. The predicted molar refractivity (Wildman–Crippen MR) is 40.0 cm³/mol. The highest BCUT2D eigenvalue weighted by molar-refractivity contribution is 5.89. The van der Waals surface area contributed by atoms with E-state index in [4.69, 9.17) is 5.84 Å². The molecule has 1 saturated carbocycles. The zero-order valence-electron chi connectivity index (χ0n) is 6.37. The number of nitrogens with zero attached hydrogens (tertiary/aromatic N) is 2. The van der Waals surface area contributed by atoms with Gasteiger partial charge in [-0.15, -0.1) is 5.10 Å². The van der Waals surface area contributed by atoms with E-state index in [2.05, 4.69) is 15.2 Å². The Kier molecular flexibility index (Phi) is 1.54. The van der Waals surface area contributed by atoms with Crippen LogP contribution >= 0.6 is 0 Å². The van der Waals surface area contributed by atoms with E-state index in [0.29, 0.717) is 5.92 Å². The van der Waals surface area contributed by atoms with Gasteiger partial charge in [0.05, 0.1) is 0 Å². The second-order valence-electron chi connectivity index (χ2n) is 2.79. The molecule has 0 saturated heterocycles. The molecule has 4 N–H and O–H groups in total. The van der Waals surface area contributed by atoms with Gasteiger partial charge < -0.3 is 0 Å². The van der Waals surface area contributed by atoms with Crippen molar-refractivity contribution < 1.29 is 4.79 Å². The van der Waals surface area contributed by atoms with E-state index in [1.807, 2.05) is 5.43 Å². The van der Waals surface area contributed by atoms with E-state index in [1.54, 1.807) is 0 Å². The molecule has 1 heterocycles. The molecule has 0 radical (unpaired) electrons. The van der Waals surface area contributed by atoms with Crippen molar-refractivity contribution in [3.8, 4) is 0 Å². The van der Waals surface area contributed by atoms with Gasteiger partial charge in [-0.3, -0.25) is 15.3 Å². The van der Waals surface area contributed by atoms with Gasteiger partial charge in [0.1, 0.15) is 5.82 Å². The maximum absolute atomic E-state index is 10.9. The number of nitrogens with one attached hydrogen (secondary N) is 2. The molecule has 2 rings (SSSR count). The van der Waals surface area contributed by atoms with E-state index in [0.717, 1.165) is 18.7 Å². The normalized spacial score (nSPS) is 16.1. The van der Waals surface area contributed by atoms with Crippen LogP contribution in [0.5, 0.6) is 0 Å². The topological polar surface area (TPSA) is 96.7 Å². The Morgan fingerprint density at radius 1 is 1.67 bits per heavy atom. The van der Waals surface area contributed by atoms with Gasteiger partial charge in [-0.25, -0.2) is 10.8 Å².